The number of anilines is 3. The maximum Gasteiger partial charge on any atom is 0.143 e. The van der Waals surface area contributed by atoms with Gasteiger partial charge in [-0.2, -0.15) is 0 Å². The molecule has 0 atom stereocenters. The predicted molar refractivity (Wildman–Crippen MR) is 278 cm³/mol. The Bertz CT molecular complexity index is 4130. The molecule has 13 aromatic rings. The van der Waals surface area contributed by atoms with Gasteiger partial charge in [0, 0.05) is 54.7 Å². The molecule has 67 heavy (non-hydrogen) atoms. The minimum absolute atomic E-state index is 0.217. The van der Waals surface area contributed by atoms with Crippen LogP contribution in [0.5, 0.6) is 0 Å². The number of benzene rings is 10. The van der Waals surface area contributed by atoms with Crippen LogP contribution in [0.1, 0.15) is 25.0 Å². The third kappa shape index (κ3) is 5.66. The van der Waals surface area contributed by atoms with Crippen molar-refractivity contribution in [3.8, 4) is 39.1 Å². The van der Waals surface area contributed by atoms with Crippen LogP contribution in [0.25, 0.3) is 105 Å². The molecule has 14 rings (SSSR count). The fourth-order valence-electron chi connectivity index (χ4n) is 11.1. The highest BCUT2D eigenvalue weighted by molar-refractivity contribution is 6.13. The third-order valence-electron chi connectivity index (χ3n) is 14.4. The van der Waals surface area contributed by atoms with E-state index in [-0.39, 0.29) is 5.41 Å². The second kappa shape index (κ2) is 14.2. The maximum absolute atomic E-state index is 6.46. The van der Waals surface area contributed by atoms with Crippen molar-refractivity contribution >= 4 is 82.7 Å². The Kier molecular flexibility index (Phi) is 8.00. The molecular weight excluding hydrogens is 817 g/mol. The minimum atomic E-state index is -0.217. The smallest absolute Gasteiger partial charge is 0.143 e. The average Bonchev–Trinajstić information content (AvgIpc) is 4.06. The fraction of sp³-hybridized carbons (Fsp3) is 0.0476. The molecule has 4 nitrogen and oxygen atoms in total. The van der Waals surface area contributed by atoms with Gasteiger partial charge in [-0.25, -0.2) is 0 Å². The van der Waals surface area contributed by atoms with Gasteiger partial charge in [-0.15, -0.1) is 0 Å². The summed E-state index contributed by atoms with van der Waals surface area (Å²) in [6.45, 7) is 4.72. The summed E-state index contributed by atoms with van der Waals surface area (Å²) in [6.07, 6.45) is 0. The summed E-state index contributed by atoms with van der Waals surface area (Å²) in [7, 11) is 0. The lowest BCUT2D eigenvalue weighted by Gasteiger charge is -2.42. The Morgan fingerprint density at radius 2 is 0.881 bits per heavy atom. The Balaban J connectivity index is 0.938. The van der Waals surface area contributed by atoms with Crippen LogP contribution in [0.15, 0.2) is 227 Å². The second-order valence-electron chi connectivity index (χ2n) is 18.5. The number of fused-ring (bicyclic) bond motifs is 11. The molecule has 0 bridgehead atoms. The Morgan fingerprint density at radius 3 is 1.63 bits per heavy atom. The highest BCUT2D eigenvalue weighted by Crippen LogP contribution is 2.53. The summed E-state index contributed by atoms with van der Waals surface area (Å²) < 4.78 is 15.1. The van der Waals surface area contributed by atoms with Gasteiger partial charge >= 0.3 is 0 Å². The number of para-hydroxylation sites is 5. The normalized spacial score (nSPS) is 13.3. The number of hydrogen-bond acceptors (Lipinski definition) is 3. The largest absolute Gasteiger partial charge is 0.456 e. The van der Waals surface area contributed by atoms with Crippen LogP contribution in [0.4, 0.5) is 17.1 Å². The molecule has 1 aliphatic rings. The Morgan fingerprint density at radius 1 is 0.343 bits per heavy atom. The van der Waals surface area contributed by atoms with E-state index >= 15 is 0 Å². The van der Waals surface area contributed by atoms with E-state index < -0.39 is 0 Å². The molecule has 4 heterocycles. The second-order valence-corrected chi connectivity index (χ2v) is 18.5. The van der Waals surface area contributed by atoms with Gasteiger partial charge in [-0.05, 0) is 130 Å². The minimum Gasteiger partial charge on any atom is -0.456 e. The highest BCUT2D eigenvalue weighted by Gasteiger charge is 2.37. The van der Waals surface area contributed by atoms with E-state index in [9.17, 15) is 0 Å². The highest BCUT2D eigenvalue weighted by atomic mass is 16.3. The lowest BCUT2D eigenvalue weighted by molar-refractivity contribution is 0.632. The summed E-state index contributed by atoms with van der Waals surface area (Å²) in [6, 6.07) is 79.1. The molecule has 0 aliphatic carbocycles. The lowest BCUT2D eigenvalue weighted by Crippen LogP contribution is -2.30. The molecular formula is C63H42N2O2. The Labute approximate surface area is 387 Å². The van der Waals surface area contributed by atoms with Crippen LogP contribution in [-0.2, 0) is 5.41 Å². The van der Waals surface area contributed by atoms with E-state index in [1.165, 1.54) is 44.4 Å². The molecule has 0 radical (unpaired) electrons. The van der Waals surface area contributed by atoms with E-state index in [0.29, 0.717) is 0 Å². The van der Waals surface area contributed by atoms with Crippen molar-refractivity contribution in [2.45, 2.75) is 19.3 Å². The van der Waals surface area contributed by atoms with E-state index in [1.54, 1.807) is 0 Å². The fourth-order valence-corrected chi connectivity index (χ4v) is 11.1. The first-order valence-corrected chi connectivity index (χ1v) is 23.1. The summed E-state index contributed by atoms with van der Waals surface area (Å²) >= 11 is 0. The molecule has 0 saturated heterocycles. The van der Waals surface area contributed by atoms with E-state index in [0.717, 1.165) is 88.5 Å². The van der Waals surface area contributed by atoms with Crippen LogP contribution in [0, 0.1) is 0 Å². The summed E-state index contributed by atoms with van der Waals surface area (Å²) in [5, 5.41) is 6.92. The first-order chi connectivity index (χ1) is 33.0. The van der Waals surface area contributed by atoms with Crippen LogP contribution in [-0.4, -0.2) is 4.57 Å². The quantitative estimate of drug-likeness (QED) is 0.173. The average molecular weight is 859 g/mol. The molecule has 0 spiro atoms. The standard InChI is InChI=1S/C63H42N2O2/c1-63(2)53-19-8-9-20-57(53)65(44-13-4-3-5-14-44)58-33-27-43(38-54(58)63)41-26-32-56-51(36-41)50-35-40(42-28-34-61-52(37-42)48-16-7-10-21-59(48)66-61)25-31-55(50)64(56)45-29-23-39(24-30-45)46-17-12-18-49-47-15-6-11-22-60(47)67-62(46)49/h3-38H,1-2H3. The van der Waals surface area contributed by atoms with Crippen molar-refractivity contribution in [2.75, 3.05) is 4.90 Å². The molecule has 0 amide bonds. The lowest BCUT2D eigenvalue weighted by atomic mass is 9.73. The first kappa shape index (κ1) is 37.7. The number of nitrogens with zero attached hydrogens (tertiary/aromatic N) is 2. The molecule has 0 N–H and O–H groups in total. The molecule has 316 valence electrons. The topological polar surface area (TPSA) is 34.5 Å². The van der Waals surface area contributed by atoms with Crippen molar-refractivity contribution in [2.24, 2.45) is 0 Å². The predicted octanol–water partition coefficient (Wildman–Crippen LogP) is 17.7. The SMILES string of the molecule is CC1(C)c2ccccc2N(c2ccccc2)c2ccc(-c3ccc4c(c3)c3cc(-c5ccc6oc7ccccc7c6c5)ccc3n4-c3ccc(-c4cccc5c4oc4ccccc45)cc3)cc21. The number of furan rings is 2. The van der Waals surface area contributed by atoms with Crippen molar-refractivity contribution < 1.29 is 8.83 Å². The maximum atomic E-state index is 6.46. The van der Waals surface area contributed by atoms with Crippen LogP contribution in [0.3, 0.4) is 0 Å². The molecule has 0 saturated carbocycles. The third-order valence-corrected chi connectivity index (χ3v) is 14.4. The zero-order valence-corrected chi connectivity index (χ0v) is 37.0. The van der Waals surface area contributed by atoms with E-state index in [1.807, 2.05) is 24.3 Å². The number of aromatic nitrogens is 1. The van der Waals surface area contributed by atoms with Gasteiger partial charge in [0.2, 0.25) is 0 Å². The Hall–Kier alpha value is -8.60. The van der Waals surface area contributed by atoms with Crippen LogP contribution in [0.2, 0.25) is 0 Å². The van der Waals surface area contributed by atoms with Gasteiger partial charge in [0.1, 0.15) is 22.3 Å². The van der Waals surface area contributed by atoms with Gasteiger partial charge in [-0.1, -0.05) is 141 Å². The van der Waals surface area contributed by atoms with E-state index in [4.69, 9.17) is 8.83 Å². The van der Waals surface area contributed by atoms with Gasteiger partial charge in [0.05, 0.1) is 22.4 Å². The zero-order chi connectivity index (χ0) is 44.4. The van der Waals surface area contributed by atoms with Gasteiger partial charge in [0.25, 0.3) is 0 Å². The molecule has 10 aromatic carbocycles. The number of rotatable bonds is 5. The zero-order valence-electron chi connectivity index (χ0n) is 37.0. The van der Waals surface area contributed by atoms with Crippen molar-refractivity contribution in [3.05, 3.63) is 230 Å². The van der Waals surface area contributed by atoms with Crippen molar-refractivity contribution in [1.82, 2.24) is 4.57 Å². The molecule has 4 heteroatoms. The first-order valence-electron chi connectivity index (χ1n) is 23.1. The summed E-state index contributed by atoms with van der Waals surface area (Å²) in [4.78, 5) is 2.42. The van der Waals surface area contributed by atoms with Gasteiger partial charge < -0.3 is 18.3 Å². The van der Waals surface area contributed by atoms with Crippen molar-refractivity contribution in [3.63, 3.8) is 0 Å². The summed E-state index contributed by atoms with van der Waals surface area (Å²) in [5.41, 5.74) is 19.9. The van der Waals surface area contributed by atoms with E-state index in [2.05, 4.69) is 217 Å². The van der Waals surface area contributed by atoms with Crippen molar-refractivity contribution in [1.29, 1.82) is 0 Å². The van der Waals surface area contributed by atoms with Gasteiger partial charge in [0.15, 0.2) is 0 Å². The number of hydrogen-bond donors (Lipinski definition) is 0. The van der Waals surface area contributed by atoms with Gasteiger partial charge in [-0.3, -0.25) is 0 Å². The monoisotopic (exact) mass is 858 g/mol. The van der Waals surface area contributed by atoms with Crippen LogP contribution < -0.4 is 4.90 Å². The van der Waals surface area contributed by atoms with Crippen LogP contribution >= 0.6 is 0 Å². The summed E-state index contributed by atoms with van der Waals surface area (Å²) in [5.74, 6) is 0. The molecule has 0 unspecified atom stereocenters. The molecule has 3 aromatic heterocycles. The molecule has 1 aliphatic heterocycles. The molecule has 0 fully saturated rings.